The molecule has 1 nitrogen and oxygen atoms in total. The van der Waals surface area contributed by atoms with Crippen LogP contribution in [0.5, 0.6) is 0 Å². The van der Waals surface area contributed by atoms with Gasteiger partial charge in [0.15, 0.2) is 5.13 Å². The summed E-state index contributed by atoms with van der Waals surface area (Å²) in [5, 5.41) is 0.561. The highest BCUT2D eigenvalue weighted by Crippen LogP contribution is 2.31. The first-order valence-electron chi connectivity index (χ1n) is 3.34. The Labute approximate surface area is 78.4 Å². The summed E-state index contributed by atoms with van der Waals surface area (Å²) < 4.78 is 13.6. The van der Waals surface area contributed by atoms with Crippen LogP contribution in [0.25, 0.3) is 10.1 Å². The van der Waals surface area contributed by atoms with Crippen LogP contribution in [0.3, 0.4) is 0 Å². The van der Waals surface area contributed by atoms with E-state index < -0.39 is 0 Å². The van der Waals surface area contributed by atoms with Crippen LogP contribution in [0.1, 0.15) is 0 Å². The molecule has 4 heteroatoms. The summed E-state index contributed by atoms with van der Waals surface area (Å²) in [6.45, 7) is 0. The Bertz CT molecular complexity index is 436. The van der Waals surface area contributed by atoms with Crippen LogP contribution in [0.15, 0.2) is 23.1 Å². The summed E-state index contributed by atoms with van der Waals surface area (Å²) in [5.74, 6) is 0. The van der Waals surface area contributed by atoms with Crippen molar-refractivity contribution in [3.05, 3.63) is 23.3 Å². The van der Waals surface area contributed by atoms with Crippen LogP contribution >= 0.6 is 24.0 Å². The molecule has 2 N–H and O–H groups in total. The zero-order chi connectivity index (χ0) is 8.72. The quantitative estimate of drug-likeness (QED) is 0.495. The van der Waals surface area contributed by atoms with Gasteiger partial charge in [0, 0.05) is 20.7 Å². The van der Waals surface area contributed by atoms with Gasteiger partial charge in [0.05, 0.1) is 0 Å². The molecule has 2 aromatic rings. The molecule has 62 valence electrons. The molecule has 0 bridgehead atoms. The smallest absolute Gasteiger partial charge is 0.177 e. The Morgan fingerprint density at radius 3 is 2.83 bits per heavy atom. The number of halogens is 1. The average molecular weight is 199 g/mol. The Morgan fingerprint density at radius 2 is 2.08 bits per heavy atom. The summed E-state index contributed by atoms with van der Waals surface area (Å²) >= 11 is 5.23. The number of thiol groups is 1. The summed E-state index contributed by atoms with van der Waals surface area (Å²) in [4.78, 5) is 0.766. The second kappa shape index (κ2) is 2.64. The molecular weight excluding hydrogens is 193 g/mol. The van der Waals surface area contributed by atoms with Gasteiger partial charge in [-0.2, -0.15) is 4.39 Å². The lowest BCUT2D eigenvalue weighted by molar-refractivity contribution is 0.658. The molecule has 0 atom stereocenters. The molecule has 0 radical (unpaired) electrons. The maximum Gasteiger partial charge on any atom is 0.177 e. The molecular formula is C8H6FNS2. The monoisotopic (exact) mass is 199 g/mol. The van der Waals surface area contributed by atoms with E-state index in [1.807, 2.05) is 6.07 Å². The lowest BCUT2D eigenvalue weighted by Gasteiger charge is -1.96. The molecule has 0 unspecified atom stereocenters. The topological polar surface area (TPSA) is 26.0 Å². The molecule has 1 aromatic heterocycles. The number of hydrogen-bond acceptors (Lipinski definition) is 3. The van der Waals surface area contributed by atoms with Crippen LogP contribution in [0.2, 0.25) is 0 Å². The van der Waals surface area contributed by atoms with Crippen molar-refractivity contribution in [2.45, 2.75) is 4.90 Å². The number of thiophene rings is 1. The molecule has 0 amide bonds. The second-order valence-corrected chi connectivity index (χ2v) is 4.05. The maximum atomic E-state index is 12.8. The molecule has 1 aromatic carbocycles. The van der Waals surface area contributed by atoms with E-state index in [0.29, 0.717) is 5.69 Å². The number of benzene rings is 1. The molecule has 0 saturated carbocycles. The first kappa shape index (κ1) is 7.89. The summed E-state index contributed by atoms with van der Waals surface area (Å²) in [6, 6.07) is 4.97. The van der Waals surface area contributed by atoms with Gasteiger partial charge in [-0.3, -0.25) is 0 Å². The minimum atomic E-state index is -0.212. The van der Waals surface area contributed by atoms with E-state index in [4.69, 9.17) is 5.73 Å². The van der Waals surface area contributed by atoms with Crippen LogP contribution < -0.4 is 5.73 Å². The van der Waals surface area contributed by atoms with Crippen molar-refractivity contribution >= 4 is 39.7 Å². The SMILES string of the molecule is Nc1cc(S)cc2sc(F)cc12. The number of hydrogen-bond donors (Lipinski definition) is 2. The predicted octanol–water partition coefficient (Wildman–Crippen LogP) is 2.91. The van der Waals surface area contributed by atoms with Crippen molar-refractivity contribution in [1.29, 1.82) is 0 Å². The van der Waals surface area contributed by atoms with Crippen LogP contribution in [-0.4, -0.2) is 0 Å². The van der Waals surface area contributed by atoms with Gasteiger partial charge in [-0.05, 0) is 18.2 Å². The van der Waals surface area contributed by atoms with Crippen molar-refractivity contribution in [2.24, 2.45) is 0 Å². The Balaban J connectivity index is 2.88. The van der Waals surface area contributed by atoms with E-state index in [1.54, 1.807) is 6.07 Å². The Hall–Kier alpha value is -0.740. The van der Waals surface area contributed by atoms with Gasteiger partial charge in [-0.1, -0.05) is 0 Å². The van der Waals surface area contributed by atoms with Crippen LogP contribution in [-0.2, 0) is 0 Å². The molecule has 0 aliphatic heterocycles. The van der Waals surface area contributed by atoms with E-state index in [1.165, 1.54) is 6.07 Å². The normalized spacial score (nSPS) is 10.8. The number of fused-ring (bicyclic) bond motifs is 1. The third-order valence-electron chi connectivity index (χ3n) is 1.62. The van der Waals surface area contributed by atoms with Gasteiger partial charge in [-0.15, -0.1) is 24.0 Å². The van der Waals surface area contributed by atoms with Crippen LogP contribution in [0, 0.1) is 5.13 Å². The van der Waals surface area contributed by atoms with Crippen molar-refractivity contribution in [1.82, 2.24) is 0 Å². The van der Waals surface area contributed by atoms with Gasteiger partial charge in [0.1, 0.15) is 0 Å². The van der Waals surface area contributed by atoms with Gasteiger partial charge < -0.3 is 5.73 Å². The number of nitrogen functional groups attached to an aromatic ring is 1. The largest absolute Gasteiger partial charge is 0.398 e. The van der Waals surface area contributed by atoms with E-state index in [9.17, 15) is 4.39 Å². The molecule has 0 aliphatic carbocycles. The first-order chi connectivity index (χ1) is 5.66. The van der Waals surface area contributed by atoms with Gasteiger partial charge in [0.25, 0.3) is 0 Å². The lowest BCUT2D eigenvalue weighted by atomic mass is 10.2. The fraction of sp³-hybridized carbons (Fsp3) is 0. The Kier molecular flexibility index (Phi) is 1.73. The van der Waals surface area contributed by atoms with Crippen molar-refractivity contribution in [2.75, 3.05) is 5.73 Å². The maximum absolute atomic E-state index is 12.8. The third-order valence-corrected chi connectivity index (χ3v) is 2.75. The third kappa shape index (κ3) is 1.17. The minimum Gasteiger partial charge on any atom is -0.398 e. The van der Waals surface area contributed by atoms with Crippen molar-refractivity contribution in [3.63, 3.8) is 0 Å². The fourth-order valence-corrected chi connectivity index (χ4v) is 2.33. The van der Waals surface area contributed by atoms with Gasteiger partial charge in [-0.25, -0.2) is 0 Å². The van der Waals surface area contributed by atoms with Crippen LogP contribution in [0.4, 0.5) is 10.1 Å². The minimum absolute atomic E-state index is 0.212. The van der Waals surface area contributed by atoms with E-state index in [0.717, 1.165) is 26.3 Å². The molecule has 12 heavy (non-hydrogen) atoms. The molecule has 1 heterocycles. The first-order valence-corrected chi connectivity index (χ1v) is 4.61. The highest BCUT2D eigenvalue weighted by atomic mass is 32.1. The zero-order valence-corrected chi connectivity index (χ0v) is 7.75. The predicted molar refractivity (Wildman–Crippen MR) is 53.4 cm³/mol. The molecule has 0 spiro atoms. The number of anilines is 1. The summed E-state index contributed by atoms with van der Waals surface area (Å²) in [6.07, 6.45) is 0. The zero-order valence-electron chi connectivity index (χ0n) is 6.04. The molecule has 2 rings (SSSR count). The van der Waals surface area contributed by atoms with Gasteiger partial charge >= 0.3 is 0 Å². The van der Waals surface area contributed by atoms with E-state index >= 15 is 0 Å². The summed E-state index contributed by atoms with van der Waals surface area (Å²) in [5.41, 5.74) is 6.24. The molecule has 0 saturated heterocycles. The molecule has 0 fully saturated rings. The lowest BCUT2D eigenvalue weighted by Crippen LogP contribution is -1.84. The van der Waals surface area contributed by atoms with Gasteiger partial charge in [0.2, 0.25) is 0 Å². The standard InChI is InChI=1S/C8H6FNS2/c9-8-3-5-6(10)1-4(11)2-7(5)12-8/h1-3,11H,10H2. The van der Waals surface area contributed by atoms with Crippen molar-refractivity contribution < 1.29 is 4.39 Å². The second-order valence-electron chi connectivity index (χ2n) is 2.50. The van der Waals surface area contributed by atoms with E-state index in [-0.39, 0.29) is 5.13 Å². The highest BCUT2D eigenvalue weighted by Gasteiger charge is 2.04. The fourth-order valence-electron chi connectivity index (χ4n) is 1.12. The highest BCUT2D eigenvalue weighted by molar-refractivity contribution is 7.80. The number of nitrogens with two attached hydrogens (primary N) is 1. The Morgan fingerprint density at radius 1 is 1.33 bits per heavy atom. The molecule has 0 aliphatic rings. The van der Waals surface area contributed by atoms with E-state index in [2.05, 4.69) is 12.6 Å². The summed E-state index contributed by atoms with van der Waals surface area (Å²) in [7, 11) is 0. The van der Waals surface area contributed by atoms with Crippen molar-refractivity contribution in [3.8, 4) is 0 Å². The average Bonchev–Trinajstić information content (AvgIpc) is 2.29. The number of rotatable bonds is 0.